The average molecular weight is 352 g/mol. The smallest absolute Gasteiger partial charge is 0.255 e. The number of rotatable bonds is 5. The van der Waals surface area contributed by atoms with Crippen LogP contribution in [0, 0.1) is 6.92 Å². The fraction of sp³-hybridized carbons (Fsp3) is 0.100. The van der Waals surface area contributed by atoms with Crippen LogP contribution in [0.15, 0.2) is 66.9 Å². The minimum atomic E-state index is -0.146. The zero-order valence-corrected chi connectivity index (χ0v) is 14.5. The number of aromatic nitrogens is 1. The van der Waals surface area contributed by atoms with Crippen LogP contribution in [0.2, 0.25) is 5.02 Å². The summed E-state index contributed by atoms with van der Waals surface area (Å²) in [4.78, 5) is 16.5. The van der Waals surface area contributed by atoms with Crippen molar-refractivity contribution in [3.8, 4) is 0 Å². The Hall–Kier alpha value is -2.85. The summed E-state index contributed by atoms with van der Waals surface area (Å²) in [5, 5.41) is 6.80. The van der Waals surface area contributed by atoms with Crippen molar-refractivity contribution in [1.82, 2.24) is 4.98 Å². The van der Waals surface area contributed by atoms with Gasteiger partial charge in [-0.1, -0.05) is 41.4 Å². The molecule has 0 fully saturated rings. The number of halogens is 1. The van der Waals surface area contributed by atoms with E-state index in [1.54, 1.807) is 12.3 Å². The van der Waals surface area contributed by atoms with Crippen LogP contribution in [0.25, 0.3) is 0 Å². The summed E-state index contributed by atoms with van der Waals surface area (Å²) in [7, 11) is 0. The lowest BCUT2D eigenvalue weighted by Crippen LogP contribution is -2.12. The Labute approximate surface area is 151 Å². The first-order valence-corrected chi connectivity index (χ1v) is 8.30. The van der Waals surface area contributed by atoms with Crippen molar-refractivity contribution >= 4 is 29.0 Å². The van der Waals surface area contributed by atoms with Crippen LogP contribution in [0.3, 0.4) is 0 Å². The molecule has 25 heavy (non-hydrogen) atoms. The summed E-state index contributed by atoms with van der Waals surface area (Å²) >= 11 is 5.87. The van der Waals surface area contributed by atoms with Crippen molar-refractivity contribution in [2.24, 2.45) is 0 Å². The van der Waals surface area contributed by atoms with E-state index in [9.17, 15) is 4.79 Å². The van der Waals surface area contributed by atoms with Crippen LogP contribution in [0.4, 0.5) is 11.5 Å². The lowest BCUT2D eigenvalue weighted by molar-refractivity contribution is 0.102. The molecule has 1 amide bonds. The SMILES string of the molecule is Cc1cccc(C(=O)Nc2ccc(NCc3ccc(Cl)cc3)nc2)c1. The van der Waals surface area contributed by atoms with Gasteiger partial charge < -0.3 is 10.6 Å². The van der Waals surface area contributed by atoms with Crippen molar-refractivity contribution < 1.29 is 4.79 Å². The maximum Gasteiger partial charge on any atom is 0.255 e. The van der Waals surface area contributed by atoms with Crippen LogP contribution >= 0.6 is 11.6 Å². The Morgan fingerprint density at radius 2 is 1.88 bits per heavy atom. The van der Waals surface area contributed by atoms with E-state index in [4.69, 9.17) is 11.6 Å². The number of nitrogens with zero attached hydrogens (tertiary/aromatic N) is 1. The first kappa shape index (κ1) is 17.0. The molecule has 0 bridgehead atoms. The van der Waals surface area contributed by atoms with E-state index >= 15 is 0 Å². The van der Waals surface area contributed by atoms with Gasteiger partial charge in [-0.3, -0.25) is 4.79 Å². The predicted molar refractivity (Wildman–Crippen MR) is 102 cm³/mol. The number of carbonyl (C=O) groups excluding carboxylic acids is 1. The van der Waals surface area contributed by atoms with Gasteiger partial charge in [-0.05, 0) is 48.9 Å². The molecular formula is C20H18ClN3O. The van der Waals surface area contributed by atoms with E-state index in [0.29, 0.717) is 17.8 Å². The molecule has 0 aliphatic rings. The van der Waals surface area contributed by atoms with Gasteiger partial charge in [-0.15, -0.1) is 0 Å². The molecule has 0 atom stereocenters. The molecular weight excluding hydrogens is 334 g/mol. The molecule has 0 radical (unpaired) electrons. The summed E-state index contributed by atoms with van der Waals surface area (Å²) in [6, 6.07) is 18.8. The van der Waals surface area contributed by atoms with E-state index in [0.717, 1.165) is 22.0 Å². The minimum Gasteiger partial charge on any atom is -0.366 e. The molecule has 5 heteroatoms. The Kier molecular flexibility index (Phi) is 5.31. The van der Waals surface area contributed by atoms with Gasteiger partial charge in [0.05, 0.1) is 11.9 Å². The van der Waals surface area contributed by atoms with Gasteiger partial charge in [0.25, 0.3) is 5.91 Å². The molecule has 0 unspecified atom stereocenters. The van der Waals surface area contributed by atoms with Gasteiger partial charge in [0, 0.05) is 17.1 Å². The average Bonchev–Trinajstić information content (AvgIpc) is 2.62. The molecule has 3 rings (SSSR count). The third-order valence-electron chi connectivity index (χ3n) is 3.69. The topological polar surface area (TPSA) is 54.0 Å². The first-order chi connectivity index (χ1) is 12.1. The molecule has 0 spiro atoms. The number of amides is 1. The Balaban J connectivity index is 1.58. The monoisotopic (exact) mass is 351 g/mol. The van der Waals surface area contributed by atoms with Gasteiger partial charge in [-0.2, -0.15) is 0 Å². The van der Waals surface area contributed by atoms with Crippen molar-refractivity contribution in [3.63, 3.8) is 0 Å². The van der Waals surface area contributed by atoms with E-state index in [1.807, 2.05) is 61.5 Å². The molecule has 3 aromatic rings. The van der Waals surface area contributed by atoms with Crippen LogP contribution in [-0.4, -0.2) is 10.9 Å². The highest BCUT2D eigenvalue weighted by Crippen LogP contribution is 2.14. The van der Waals surface area contributed by atoms with Gasteiger partial charge in [0.2, 0.25) is 0 Å². The molecule has 0 saturated carbocycles. The largest absolute Gasteiger partial charge is 0.366 e. The highest BCUT2D eigenvalue weighted by molar-refractivity contribution is 6.30. The number of hydrogen-bond acceptors (Lipinski definition) is 3. The lowest BCUT2D eigenvalue weighted by Gasteiger charge is -2.08. The summed E-state index contributed by atoms with van der Waals surface area (Å²) in [5.41, 5.74) is 3.45. The van der Waals surface area contributed by atoms with Crippen molar-refractivity contribution in [2.45, 2.75) is 13.5 Å². The van der Waals surface area contributed by atoms with Crippen LogP contribution in [0.1, 0.15) is 21.5 Å². The van der Waals surface area contributed by atoms with Crippen LogP contribution in [-0.2, 0) is 6.54 Å². The molecule has 1 heterocycles. The zero-order chi connectivity index (χ0) is 17.6. The lowest BCUT2D eigenvalue weighted by atomic mass is 10.1. The summed E-state index contributed by atoms with van der Waals surface area (Å²) in [5.74, 6) is 0.593. The van der Waals surface area contributed by atoms with E-state index in [2.05, 4.69) is 15.6 Å². The van der Waals surface area contributed by atoms with Gasteiger partial charge in [0.15, 0.2) is 0 Å². The molecule has 2 N–H and O–H groups in total. The highest BCUT2D eigenvalue weighted by atomic mass is 35.5. The Bertz CT molecular complexity index is 861. The summed E-state index contributed by atoms with van der Waals surface area (Å²) in [6.45, 7) is 2.61. The number of aryl methyl sites for hydroxylation is 1. The van der Waals surface area contributed by atoms with E-state index in [-0.39, 0.29) is 5.91 Å². The van der Waals surface area contributed by atoms with Gasteiger partial charge in [-0.25, -0.2) is 4.98 Å². The second-order valence-electron chi connectivity index (χ2n) is 5.74. The molecule has 2 aromatic carbocycles. The molecule has 0 aliphatic heterocycles. The van der Waals surface area contributed by atoms with E-state index < -0.39 is 0 Å². The number of pyridine rings is 1. The summed E-state index contributed by atoms with van der Waals surface area (Å²) < 4.78 is 0. The van der Waals surface area contributed by atoms with Crippen molar-refractivity contribution in [3.05, 3.63) is 88.6 Å². The van der Waals surface area contributed by atoms with Gasteiger partial charge in [0.1, 0.15) is 5.82 Å². The first-order valence-electron chi connectivity index (χ1n) is 7.92. The van der Waals surface area contributed by atoms with Crippen molar-refractivity contribution in [2.75, 3.05) is 10.6 Å². The quantitative estimate of drug-likeness (QED) is 0.686. The third-order valence-corrected chi connectivity index (χ3v) is 3.94. The molecule has 126 valence electrons. The maximum absolute atomic E-state index is 12.2. The molecule has 0 aliphatic carbocycles. The number of carbonyl (C=O) groups is 1. The predicted octanol–water partition coefficient (Wildman–Crippen LogP) is 4.91. The van der Waals surface area contributed by atoms with Crippen molar-refractivity contribution in [1.29, 1.82) is 0 Å². The Morgan fingerprint density at radius 1 is 1.08 bits per heavy atom. The highest BCUT2D eigenvalue weighted by Gasteiger charge is 2.06. The summed E-state index contributed by atoms with van der Waals surface area (Å²) in [6.07, 6.45) is 1.64. The second-order valence-corrected chi connectivity index (χ2v) is 6.17. The van der Waals surface area contributed by atoms with Gasteiger partial charge >= 0.3 is 0 Å². The van der Waals surface area contributed by atoms with E-state index in [1.165, 1.54) is 0 Å². The van der Waals surface area contributed by atoms with Crippen LogP contribution < -0.4 is 10.6 Å². The fourth-order valence-corrected chi connectivity index (χ4v) is 2.48. The Morgan fingerprint density at radius 3 is 2.56 bits per heavy atom. The second kappa shape index (κ2) is 7.81. The molecule has 0 saturated heterocycles. The molecule has 4 nitrogen and oxygen atoms in total. The standard InChI is InChI=1S/C20H18ClN3O/c1-14-3-2-4-16(11-14)20(25)24-18-9-10-19(23-13-18)22-12-15-5-7-17(21)8-6-15/h2-11,13H,12H2,1H3,(H,22,23)(H,24,25). The number of hydrogen-bond donors (Lipinski definition) is 2. The third kappa shape index (κ3) is 4.81. The fourth-order valence-electron chi connectivity index (χ4n) is 2.36. The zero-order valence-electron chi connectivity index (χ0n) is 13.8. The number of anilines is 2. The number of nitrogens with one attached hydrogen (secondary N) is 2. The molecule has 1 aromatic heterocycles. The minimum absolute atomic E-state index is 0.146. The maximum atomic E-state index is 12.2. The normalized spacial score (nSPS) is 10.3. The van der Waals surface area contributed by atoms with Crippen LogP contribution in [0.5, 0.6) is 0 Å². The number of benzene rings is 2.